The van der Waals surface area contributed by atoms with Crippen LogP contribution in [-0.2, 0) is 16.1 Å². The maximum Gasteiger partial charge on any atom is 0.309 e. The Labute approximate surface area is 146 Å². The number of halogens is 1. The number of nitrogens with zero attached hydrogens (tertiary/aromatic N) is 2. The molecule has 0 bridgehead atoms. The average Bonchev–Trinajstić information content (AvgIpc) is 2.84. The molecule has 0 saturated carbocycles. The van der Waals surface area contributed by atoms with Crippen molar-refractivity contribution < 1.29 is 23.8 Å². The van der Waals surface area contributed by atoms with Crippen LogP contribution in [0.15, 0.2) is 18.2 Å². The van der Waals surface area contributed by atoms with Gasteiger partial charge in [-0.3, -0.25) is 14.5 Å². The number of piperidine rings is 1. The monoisotopic (exact) mass is 350 g/mol. The molecule has 0 radical (unpaired) electrons. The number of carbonyl (C=O) groups is 2. The number of hydrogen-bond donors (Lipinski definition) is 1. The Balaban J connectivity index is 1.71. The Morgan fingerprint density at radius 1 is 1.40 bits per heavy atom. The van der Waals surface area contributed by atoms with E-state index in [0.717, 1.165) is 0 Å². The summed E-state index contributed by atoms with van der Waals surface area (Å²) in [6.45, 7) is 1.69. The van der Waals surface area contributed by atoms with E-state index in [4.69, 9.17) is 4.74 Å². The number of carbonyl (C=O) groups excluding carboxylic acids is 1. The summed E-state index contributed by atoms with van der Waals surface area (Å²) in [4.78, 5) is 27.3. The van der Waals surface area contributed by atoms with E-state index in [-0.39, 0.29) is 18.1 Å². The number of carboxylic acid groups (broad SMARTS) is 1. The molecular formula is C18H23FN2O4. The third kappa shape index (κ3) is 3.08. The van der Waals surface area contributed by atoms with Crippen LogP contribution in [0.2, 0.25) is 0 Å². The minimum atomic E-state index is -0.912. The predicted octanol–water partition coefficient (Wildman–Crippen LogP) is 1.73. The van der Waals surface area contributed by atoms with Gasteiger partial charge in [0.1, 0.15) is 11.6 Å². The zero-order valence-electron chi connectivity index (χ0n) is 14.5. The minimum Gasteiger partial charge on any atom is -0.497 e. The maximum atomic E-state index is 14.0. The van der Waals surface area contributed by atoms with E-state index in [1.807, 2.05) is 0 Å². The van der Waals surface area contributed by atoms with Crippen LogP contribution in [0.4, 0.5) is 4.39 Å². The summed E-state index contributed by atoms with van der Waals surface area (Å²) in [5, 5.41) is 9.51. The SMILES string of the molecule is COc1ccc(F)c(CN2CCC3(CC2)[C@H](C(=O)O)CC(=O)N3C)c1. The van der Waals surface area contributed by atoms with Crippen LogP contribution >= 0.6 is 0 Å². The number of ether oxygens (including phenoxy) is 1. The Kier molecular flexibility index (Phi) is 4.69. The van der Waals surface area contributed by atoms with Gasteiger partial charge in [-0.25, -0.2) is 4.39 Å². The lowest BCUT2D eigenvalue weighted by Crippen LogP contribution is -2.55. The van der Waals surface area contributed by atoms with Crippen LogP contribution in [0.25, 0.3) is 0 Å². The highest BCUT2D eigenvalue weighted by atomic mass is 19.1. The Hall–Kier alpha value is -2.15. The van der Waals surface area contributed by atoms with Gasteiger partial charge in [-0.2, -0.15) is 0 Å². The first-order chi connectivity index (χ1) is 11.9. The van der Waals surface area contributed by atoms with Crippen LogP contribution in [0.1, 0.15) is 24.8 Å². The van der Waals surface area contributed by atoms with Crippen molar-refractivity contribution in [1.82, 2.24) is 9.80 Å². The topological polar surface area (TPSA) is 70.1 Å². The van der Waals surface area contributed by atoms with E-state index >= 15 is 0 Å². The number of hydrogen-bond acceptors (Lipinski definition) is 4. The average molecular weight is 350 g/mol. The normalized spacial score (nSPS) is 23.2. The van der Waals surface area contributed by atoms with E-state index in [1.165, 1.54) is 6.07 Å². The van der Waals surface area contributed by atoms with E-state index in [0.29, 0.717) is 43.8 Å². The summed E-state index contributed by atoms with van der Waals surface area (Å²) >= 11 is 0. The smallest absolute Gasteiger partial charge is 0.309 e. The molecule has 2 aliphatic rings. The molecule has 1 atom stereocenters. The van der Waals surface area contributed by atoms with Crippen molar-refractivity contribution >= 4 is 11.9 Å². The fourth-order valence-corrected chi connectivity index (χ4v) is 4.12. The summed E-state index contributed by atoms with van der Waals surface area (Å²) in [6.07, 6.45) is 1.23. The maximum absolute atomic E-state index is 14.0. The van der Waals surface area contributed by atoms with Gasteiger partial charge in [0, 0.05) is 38.7 Å². The van der Waals surface area contributed by atoms with Crippen LogP contribution in [0, 0.1) is 11.7 Å². The number of rotatable bonds is 4. The first kappa shape index (κ1) is 17.7. The molecule has 2 heterocycles. The van der Waals surface area contributed by atoms with Gasteiger partial charge in [-0.1, -0.05) is 0 Å². The third-order valence-electron chi connectivity index (χ3n) is 5.74. The van der Waals surface area contributed by atoms with Crippen molar-refractivity contribution in [2.75, 3.05) is 27.2 Å². The van der Waals surface area contributed by atoms with Gasteiger partial charge in [-0.15, -0.1) is 0 Å². The van der Waals surface area contributed by atoms with Gasteiger partial charge in [0.2, 0.25) is 5.91 Å². The second kappa shape index (κ2) is 6.63. The van der Waals surface area contributed by atoms with Crippen LogP contribution in [0.3, 0.4) is 0 Å². The Bertz CT molecular complexity index is 686. The molecule has 0 unspecified atom stereocenters. The number of methoxy groups -OCH3 is 1. The molecule has 2 aliphatic heterocycles. The number of likely N-dealkylation sites (tertiary alicyclic amines) is 2. The molecule has 0 aliphatic carbocycles. The number of benzene rings is 1. The molecule has 7 heteroatoms. The lowest BCUT2D eigenvalue weighted by molar-refractivity contribution is -0.146. The highest BCUT2D eigenvalue weighted by molar-refractivity contribution is 5.88. The minimum absolute atomic E-state index is 0.0658. The lowest BCUT2D eigenvalue weighted by Gasteiger charge is -2.45. The molecular weight excluding hydrogens is 327 g/mol. The summed E-state index contributed by atoms with van der Waals surface area (Å²) < 4.78 is 19.2. The van der Waals surface area contributed by atoms with Gasteiger partial charge in [0.05, 0.1) is 18.6 Å². The van der Waals surface area contributed by atoms with Crippen molar-refractivity contribution in [2.24, 2.45) is 5.92 Å². The van der Waals surface area contributed by atoms with Gasteiger partial charge in [0.15, 0.2) is 0 Å². The molecule has 1 N–H and O–H groups in total. The molecule has 1 spiro atoms. The molecule has 1 aromatic carbocycles. The van der Waals surface area contributed by atoms with E-state index in [1.54, 1.807) is 31.2 Å². The zero-order valence-corrected chi connectivity index (χ0v) is 14.5. The van der Waals surface area contributed by atoms with Crippen molar-refractivity contribution in [3.8, 4) is 5.75 Å². The lowest BCUT2D eigenvalue weighted by atomic mass is 9.77. The molecule has 136 valence electrons. The quantitative estimate of drug-likeness (QED) is 0.896. The predicted molar refractivity (Wildman–Crippen MR) is 88.7 cm³/mol. The Morgan fingerprint density at radius 3 is 2.68 bits per heavy atom. The van der Waals surface area contributed by atoms with E-state index in [2.05, 4.69) is 4.90 Å². The second-order valence-corrected chi connectivity index (χ2v) is 6.88. The summed E-state index contributed by atoms with van der Waals surface area (Å²) in [5.41, 5.74) is -0.0623. The Morgan fingerprint density at radius 2 is 2.08 bits per heavy atom. The fraction of sp³-hybridized carbons (Fsp3) is 0.556. The van der Waals surface area contributed by atoms with Gasteiger partial charge in [-0.05, 0) is 31.0 Å². The summed E-state index contributed by atoms with van der Waals surface area (Å²) in [7, 11) is 3.24. The van der Waals surface area contributed by atoms with Crippen LogP contribution in [0.5, 0.6) is 5.75 Å². The number of amides is 1. The standard InChI is InChI=1S/C18H23FN2O4/c1-20-16(22)10-14(17(23)24)18(20)5-7-21(8-6-18)11-12-9-13(25-2)3-4-15(12)19/h3-4,9,14H,5-8,10-11H2,1-2H3,(H,23,24)/t14-/m0/s1. The van der Waals surface area contributed by atoms with Crippen molar-refractivity contribution in [1.29, 1.82) is 0 Å². The molecule has 1 amide bonds. The summed E-state index contributed by atoms with van der Waals surface area (Å²) in [5.74, 6) is -1.36. The number of carboxylic acids is 1. The fourth-order valence-electron chi connectivity index (χ4n) is 4.12. The first-order valence-electron chi connectivity index (χ1n) is 8.41. The third-order valence-corrected chi connectivity index (χ3v) is 5.74. The first-order valence-corrected chi connectivity index (χ1v) is 8.41. The summed E-state index contributed by atoms with van der Waals surface area (Å²) in [6, 6.07) is 4.66. The molecule has 6 nitrogen and oxygen atoms in total. The van der Waals surface area contributed by atoms with Crippen molar-refractivity contribution in [2.45, 2.75) is 31.3 Å². The van der Waals surface area contributed by atoms with Crippen LogP contribution < -0.4 is 4.74 Å². The van der Waals surface area contributed by atoms with Gasteiger partial charge >= 0.3 is 5.97 Å². The van der Waals surface area contributed by atoms with Crippen molar-refractivity contribution in [3.05, 3.63) is 29.6 Å². The van der Waals surface area contributed by atoms with Gasteiger partial charge < -0.3 is 14.7 Å². The highest BCUT2D eigenvalue weighted by Crippen LogP contribution is 2.43. The molecule has 25 heavy (non-hydrogen) atoms. The van der Waals surface area contributed by atoms with Crippen LogP contribution in [-0.4, -0.2) is 59.6 Å². The molecule has 2 saturated heterocycles. The molecule has 2 fully saturated rings. The largest absolute Gasteiger partial charge is 0.497 e. The highest BCUT2D eigenvalue weighted by Gasteiger charge is 2.55. The van der Waals surface area contributed by atoms with Crippen molar-refractivity contribution in [3.63, 3.8) is 0 Å². The zero-order chi connectivity index (χ0) is 18.2. The van der Waals surface area contributed by atoms with Gasteiger partial charge in [0.25, 0.3) is 0 Å². The molecule has 3 rings (SSSR count). The van der Waals surface area contributed by atoms with E-state index in [9.17, 15) is 19.1 Å². The van der Waals surface area contributed by atoms with E-state index < -0.39 is 17.4 Å². The second-order valence-electron chi connectivity index (χ2n) is 6.88. The molecule has 1 aromatic rings. The molecule has 0 aromatic heterocycles. The number of aliphatic carboxylic acids is 1.